The second-order valence-corrected chi connectivity index (χ2v) is 9.11. The highest BCUT2D eigenvalue weighted by atomic mass is 16.4. The molecule has 1 saturated heterocycles. The first kappa shape index (κ1) is 26.9. The van der Waals surface area contributed by atoms with Gasteiger partial charge in [-0.3, -0.25) is 19.4 Å². The van der Waals surface area contributed by atoms with Gasteiger partial charge in [0.15, 0.2) is 0 Å². The molecule has 7 N–H and O–H groups in total. The Morgan fingerprint density at radius 3 is 2.74 bits per heavy atom. The van der Waals surface area contributed by atoms with Crippen molar-refractivity contribution in [2.24, 2.45) is 11.5 Å². The van der Waals surface area contributed by atoms with Gasteiger partial charge in [-0.1, -0.05) is 12.1 Å². The van der Waals surface area contributed by atoms with Crippen LogP contribution in [0.1, 0.15) is 12.0 Å². The number of carboxylic acids is 1. The molecule has 0 saturated carbocycles. The number of primary amides is 1. The Balaban J connectivity index is 1.39. The normalized spacial score (nSPS) is 16.2. The molecular weight excluding hydrogens is 486 g/mol. The molecule has 1 aromatic carbocycles. The van der Waals surface area contributed by atoms with Crippen molar-refractivity contribution in [2.75, 3.05) is 49.9 Å². The van der Waals surface area contributed by atoms with Crippen LogP contribution in [0.5, 0.6) is 0 Å². The molecule has 1 aliphatic rings. The number of hydrogen-bond donors (Lipinski definition) is 5. The lowest BCUT2D eigenvalue weighted by Crippen LogP contribution is -2.58. The van der Waals surface area contributed by atoms with Gasteiger partial charge in [0, 0.05) is 56.4 Å². The molecule has 1 atom stereocenters. The van der Waals surface area contributed by atoms with Gasteiger partial charge in [0.1, 0.15) is 11.9 Å². The fourth-order valence-electron chi connectivity index (χ4n) is 4.34. The Hall–Kier alpha value is -4.13. The molecular formula is C26H33N9O3. The third-order valence-corrected chi connectivity index (χ3v) is 6.23. The Morgan fingerprint density at radius 2 is 2.00 bits per heavy atom. The van der Waals surface area contributed by atoms with E-state index in [1.807, 2.05) is 42.5 Å². The van der Waals surface area contributed by atoms with Crippen molar-refractivity contribution in [3.05, 3.63) is 60.4 Å². The number of pyridine rings is 1. The number of hydrogen-bond acceptors (Lipinski definition) is 10. The predicted octanol–water partition coefficient (Wildman–Crippen LogP) is 1.10. The Labute approximate surface area is 221 Å². The van der Waals surface area contributed by atoms with Crippen molar-refractivity contribution in [3.8, 4) is 11.3 Å². The van der Waals surface area contributed by atoms with Crippen LogP contribution in [0.3, 0.4) is 0 Å². The standard InChI is InChI=1S/C26H33N9O3/c27-8-2-9-29-23-6-5-19(14-31-23)21-7-10-30-26(33-21)32-20-4-1-3-18(13-20)15-34-11-12-35(17-24(36)37)22(16-34)25(28)38/h1,3-7,10,13-14,22H,2,8-9,11-12,15-17,27H2,(H2,28,38)(H,29,31)(H,36,37)(H,30,32,33). The van der Waals surface area contributed by atoms with Crippen LogP contribution in [0, 0.1) is 0 Å². The predicted molar refractivity (Wildman–Crippen MR) is 145 cm³/mol. The van der Waals surface area contributed by atoms with Gasteiger partial charge >= 0.3 is 5.97 Å². The zero-order valence-corrected chi connectivity index (χ0v) is 21.1. The average Bonchev–Trinajstić information content (AvgIpc) is 2.90. The van der Waals surface area contributed by atoms with Crippen LogP contribution in [0.15, 0.2) is 54.9 Å². The molecule has 1 aliphatic heterocycles. The first-order valence-corrected chi connectivity index (χ1v) is 12.5. The number of carboxylic acid groups (broad SMARTS) is 1. The van der Waals surface area contributed by atoms with Gasteiger partial charge in [0.05, 0.1) is 12.2 Å². The van der Waals surface area contributed by atoms with Crippen LogP contribution in [0.4, 0.5) is 17.5 Å². The molecule has 38 heavy (non-hydrogen) atoms. The number of nitrogens with zero attached hydrogens (tertiary/aromatic N) is 5. The summed E-state index contributed by atoms with van der Waals surface area (Å²) in [4.78, 5) is 40.2. The third kappa shape index (κ3) is 7.44. The summed E-state index contributed by atoms with van der Waals surface area (Å²) in [6.45, 7) is 3.26. The van der Waals surface area contributed by atoms with Crippen LogP contribution in [-0.2, 0) is 16.1 Å². The molecule has 1 amide bonds. The van der Waals surface area contributed by atoms with E-state index in [4.69, 9.17) is 16.6 Å². The zero-order chi connectivity index (χ0) is 26.9. The molecule has 1 fully saturated rings. The van der Waals surface area contributed by atoms with Crippen molar-refractivity contribution in [1.29, 1.82) is 0 Å². The summed E-state index contributed by atoms with van der Waals surface area (Å²) in [6, 6.07) is 12.9. The summed E-state index contributed by atoms with van der Waals surface area (Å²) in [6.07, 6.45) is 4.35. The molecule has 4 rings (SSSR count). The number of piperazine rings is 1. The molecule has 0 spiro atoms. The maximum absolute atomic E-state index is 11.9. The minimum absolute atomic E-state index is 0.203. The highest BCUT2D eigenvalue weighted by Gasteiger charge is 2.32. The highest BCUT2D eigenvalue weighted by Crippen LogP contribution is 2.21. The number of amides is 1. The van der Waals surface area contributed by atoms with E-state index in [2.05, 4.69) is 30.5 Å². The number of carbonyl (C=O) groups excluding carboxylic acids is 1. The number of nitrogens with two attached hydrogens (primary N) is 2. The molecule has 12 nitrogen and oxygen atoms in total. The first-order valence-electron chi connectivity index (χ1n) is 12.5. The zero-order valence-electron chi connectivity index (χ0n) is 21.1. The molecule has 0 aliphatic carbocycles. The van der Waals surface area contributed by atoms with Crippen molar-refractivity contribution in [2.45, 2.75) is 19.0 Å². The lowest BCUT2D eigenvalue weighted by Gasteiger charge is -2.39. The summed E-state index contributed by atoms with van der Waals surface area (Å²) < 4.78 is 0. The van der Waals surface area contributed by atoms with Gasteiger partial charge in [0.2, 0.25) is 11.9 Å². The highest BCUT2D eigenvalue weighted by molar-refractivity contribution is 5.81. The minimum Gasteiger partial charge on any atom is -0.480 e. The summed E-state index contributed by atoms with van der Waals surface area (Å²) in [7, 11) is 0. The van der Waals surface area contributed by atoms with Crippen molar-refractivity contribution in [1.82, 2.24) is 24.8 Å². The smallest absolute Gasteiger partial charge is 0.317 e. The Bertz CT molecular complexity index is 1240. The van der Waals surface area contributed by atoms with E-state index in [1.54, 1.807) is 17.3 Å². The van der Waals surface area contributed by atoms with Crippen LogP contribution < -0.4 is 22.1 Å². The molecule has 3 heterocycles. The van der Waals surface area contributed by atoms with E-state index < -0.39 is 17.9 Å². The number of aliphatic carboxylic acids is 1. The Morgan fingerprint density at radius 1 is 1.13 bits per heavy atom. The molecule has 0 radical (unpaired) electrons. The van der Waals surface area contributed by atoms with Gasteiger partial charge in [-0.25, -0.2) is 15.0 Å². The minimum atomic E-state index is -0.974. The largest absolute Gasteiger partial charge is 0.480 e. The van der Waals surface area contributed by atoms with Crippen molar-refractivity contribution in [3.63, 3.8) is 0 Å². The summed E-state index contributed by atoms with van der Waals surface area (Å²) in [5.41, 5.74) is 14.6. The van der Waals surface area contributed by atoms with Gasteiger partial charge < -0.3 is 27.2 Å². The van der Waals surface area contributed by atoms with E-state index in [0.29, 0.717) is 38.7 Å². The summed E-state index contributed by atoms with van der Waals surface area (Å²) in [5, 5.41) is 15.6. The number of nitrogens with one attached hydrogen (secondary N) is 2. The molecule has 200 valence electrons. The fourth-order valence-corrected chi connectivity index (χ4v) is 4.34. The van der Waals surface area contributed by atoms with Crippen molar-refractivity contribution >= 4 is 29.3 Å². The van der Waals surface area contributed by atoms with Gasteiger partial charge in [-0.2, -0.15) is 0 Å². The quantitative estimate of drug-likeness (QED) is 0.217. The van der Waals surface area contributed by atoms with E-state index in [1.165, 1.54) is 0 Å². The SMILES string of the molecule is NCCCNc1ccc(-c2ccnc(Nc3cccc(CN4CCN(CC(=O)O)C(C(N)=O)C4)c3)n2)cn1. The topological polar surface area (TPSA) is 176 Å². The maximum atomic E-state index is 11.9. The second kappa shape index (κ2) is 12.9. The van der Waals surface area contributed by atoms with E-state index in [9.17, 15) is 9.59 Å². The molecule has 0 bridgehead atoms. The van der Waals surface area contributed by atoms with Gasteiger partial charge in [-0.15, -0.1) is 0 Å². The number of benzene rings is 1. The van der Waals surface area contributed by atoms with E-state index in [-0.39, 0.29) is 6.54 Å². The van der Waals surface area contributed by atoms with Crippen LogP contribution >= 0.6 is 0 Å². The molecule has 3 aromatic rings. The Kier molecular flexibility index (Phi) is 9.14. The monoisotopic (exact) mass is 519 g/mol. The van der Waals surface area contributed by atoms with E-state index >= 15 is 0 Å². The lowest BCUT2D eigenvalue weighted by molar-refractivity contribution is -0.141. The molecule has 2 aromatic heterocycles. The lowest BCUT2D eigenvalue weighted by atomic mass is 10.1. The van der Waals surface area contributed by atoms with Crippen LogP contribution in [0.2, 0.25) is 0 Å². The van der Waals surface area contributed by atoms with E-state index in [0.717, 1.165) is 41.3 Å². The second-order valence-electron chi connectivity index (χ2n) is 9.11. The first-order chi connectivity index (χ1) is 18.4. The van der Waals surface area contributed by atoms with Gasteiger partial charge in [0.25, 0.3) is 0 Å². The number of aromatic nitrogens is 3. The average molecular weight is 520 g/mol. The molecule has 1 unspecified atom stereocenters. The third-order valence-electron chi connectivity index (χ3n) is 6.23. The van der Waals surface area contributed by atoms with Crippen LogP contribution in [-0.4, -0.2) is 87.0 Å². The number of anilines is 3. The van der Waals surface area contributed by atoms with Gasteiger partial charge in [-0.05, 0) is 48.9 Å². The molecule has 12 heteroatoms. The summed E-state index contributed by atoms with van der Waals surface area (Å²) in [5.74, 6) is -0.243. The summed E-state index contributed by atoms with van der Waals surface area (Å²) >= 11 is 0. The van der Waals surface area contributed by atoms with Crippen molar-refractivity contribution < 1.29 is 14.7 Å². The maximum Gasteiger partial charge on any atom is 0.317 e. The number of carbonyl (C=O) groups is 2. The van der Waals surface area contributed by atoms with Crippen LogP contribution in [0.25, 0.3) is 11.3 Å². The number of rotatable bonds is 12. The fraction of sp³-hybridized carbons (Fsp3) is 0.346.